The molecule has 136 valence electrons. The van der Waals surface area contributed by atoms with Gasteiger partial charge in [0.15, 0.2) is 11.6 Å². The highest BCUT2D eigenvalue weighted by Crippen LogP contribution is 2.37. The van der Waals surface area contributed by atoms with Crippen LogP contribution in [0.5, 0.6) is 0 Å². The highest BCUT2D eigenvalue weighted by molar-refractivity contribution is 7.53. The molecule has 1 aromatic carbocycles. The second-order valence-corrected chi connectivity index (χ2v) is 7.56. The molecule has 7 heteroatoms. The first kappa shape index (κ1) is 19.6. The van der Waals surface area contributed by atoms with Gasteiger partial charge in [-0.1, -0.05) is 44.2 Å². The molecule has 0 spiro atoms. The molecular weight excluding hydrogens is 340 g/mol. The van der Waals surface area contributed by atoms with Crippen LogP contribution in [0, 0.1) is 5.92 Å². The van der Waals surface area contributed by atoms with Crippen LogP contribution in [0.1, 0.15) is 32.3 Å². The Morgan fingerprint density at radius 3 is 2.44 bits per heavy atom. The number of nitrogens with zero attached hydrogens (tertiary/aromatic N) is 1. The molecule has 1 aromatic rings. The number of hydrogen-bond donors (Lipinski definition) is 2. The van der Waals surface area contributed by atoms with Gasteiger partial charge in [-0.15, -0.1) is 0 Å². The number of carbonyl (C=O) groups is 3. The molecule has 0 saturated carbocycles. The summed E-state index contributed by atoms with van der Waals surface area (Å²) in [7, 11) is 1.44. The van der Waals surface area contributed by atoms with E-state index in [4.69, 9.17) is 12.8 Å². The number of likely N-dealkylation sites (N-methyl/N-ethyl adjacent to an activating group) is 1. The lowest BCUT2D eigenvalue weighted by molar-refractivity contribution is -0.652. The van der Waals surface area contributed by atoms with E-state index in [1.165, 1.54) is 7.05 Å². The highest BCUT2D eigenvalue weighted by atomic mass is 32.1. The Morgan fingerprint density at radius 1 is 1.32 bits per heavy atom. The van der Waals surface area contributed by atoms with Crippen molar-refractivity contribution in [1.29, 1.82) is 0 Å². The van der Waals surface area contributed by atoms with Crippen molar-refractivity contribution in [3.63, 3.8) is 0 Å². The molecule has 0 aliphatic carbocycles. The maximum atomic E-state index is 13.0. The van der Waals surface area contributed by atoms with E-state index in [1.54, 1.807) is 0 Å². The van der Waals surface area contributed by atoms with E-state index in [-0.39, 0.29) is 25.2 Å². The molecule has 0 aromatic heterocycles. The van der Waals surface area contributed by atoms with Gasteiger partial charge in [-0.3, -0.25) is 8.68 Å². The van der Waals surface area contributed by atoms with Crippen molar-refractivity contribution >= 4 is 30.5 Å². The number of amides is 3. The number of benzene rings is 1. The average Bonchev–Trinajstić information content (AvgIpc) is 2.73. The summed E-state index contributed by atoms with van der Waals surface area (Å²) in [5.41, 5.74) is -1.02. The molecule has 1 fully saturated rings. The zero-order valence-corrected chi connectivity index (χ0v) is 15.5. The Morgan fingerprint density at radius 2 is 1.92 bits per heavy atom. The van der Waals surface area contributed by atoms with Gasteiger partial charge < -0.3 is 23.2 Å². The van der Waals surface area contributed by atoms with E-state index in [9.17, 15) is 19.5 Å². The van der Waals surface area contributed by atoms with Crippen molar-refractivity contribution in [3.8, 4) is 0 Å². The van der Waals surface area contributed by atoms with Crippen LogP contribution in [0.2, 0.25) is 0 Å². The van der Waals surface area contributed by atoms with Crippen LogP contribution < -0.4 is 5.32 Å². The fourth-order valence-electron chi connectivity index (χ4n) is 3.41. The zero-order valence-electron chi connectivity index (χ0n) is 14.7. The molecule has 2 rings (SSSR count). The minimum atomic E-state index is -1.81. The second kappa shape index (κ2) is 7.27. The predicted molar refractivity (Wildman–Crippen MR) is 94.7 cm³/mol. The normalized spacial score (nSPS) is 27.6. The van der Waals surface area contributed by atoms with Crippen molar-refractivity contribution < 1.29 is 23.4 Å². The summed E-state index contributed by atoms with van der Waals surface area (Å²) in [6, 6.07) is 7.98. The van der Waals surface area contributed by atoms with Gasteiger partial charge in [0.2, 0.25) is 0 Å². The van der Waals surface area contributed by atoms with Crippen molar-refractivity contribution in [2.24, 2.45) is 5.92 Å². The Bertz CT molecular complexity index is 679. The SMILES string of the molecule is CNC(=O)[C@H](Cc1ccccc1)[N+]1([S-])C(=O)C[C@](O)(CC(C)C)C1=O. The number of nitrogens with one attached hydrogen (secondary N) is 1. The van der Waals surface area contributed by atoms with Crippen molar-refractivity contribution in [1.82, 2.24) is 5.32 Å². The molecule has 1 saturated heterocycles. The fraction of sp³-hybridized carbons (Fsp3) is 0.500. The van der Waals surface area contributed by atoms with Gasteiger partial charge in [-0.2, -0.15) is 0 Å². The number of imide groups is 1. The Labute approximate surface area is 153 Å². The number of aliphatic hydroxyl groups is 1. The van der Waals surface area contributed by atoms with Gasteiger partial charge in [0.25, 0.3) is 5.91 Å². The molecular formula is C18H24N2O4S. The summed E-state index contributed by atoms with van der Waals surface area (Å²) < 4.78 is -1.11. The fourth-order valence-corrected chi connectivity index (χ4v) is 3.81. The quantitative estimate of drug-likeness (QED) is 0.444. The Kier molecular flexibility index (Phi) is 5.71. The predicted octanol–water partition coefficient (Wildman–Crippen LogP) is 0.856. The van der Waals surface area contributed by atoms with Crippen LogP contribution in [0.25, 0.3) is 0 Å². The van der Waals surface area contributed by atoms with E-state index < -0.39 is 33.3 Å². The van der Waals surface area contributed by atoms with Gasteiger partial charge in [-0.05, 0) is 17.9 Å². The minimum Gasteiger partial charge on any atom is -0.475 e. The summed E-state index contributed by atoms with van der Waals surface area (Å²) in [4.78, 5) is 38.1. The summed E-state index contributed by atoms with van der Waals surface area (Å²) in [5, 5.41) is 13.2. The number of carbonyl (C=O) groups excluding carboxylic acids is 3. The van der Waals surface area contributed by atoms with Crippen LogP contribution in [-0.4, -0.2) is 45.4 Å². The maximum Gasteiger partial charge on any atom is 0.336 e. The first-order chi connectivity index (χ1) is 11.6. The maximum absolute atomic E-state index is 13.0. The highest BCUT2D eigenvalue weighted by Gasteiger charge is 2.62. The van der Waals surface area contributed by atoms with Crippen LogP contribution in [0.3, 0.4) is 0 Å². The van der Waals surface area contributed by atoms with Crippen LogP contribution in [-0.2, 0) is 33.6 Å². The molecule has 2 N–H and O–H groups in total. The standard InChI is InChI=1S/C18H24N2O4S/c1-12(2)10-18(24)11-15(21)20(25,17(18)23)14(16(22)19-3)9-13-7-5-4-6-8-13/h4-8,12,14,24H,9-11H2,1-3H3,(H,19,22)/t14-,18+,20?/m0/s1. The van der Waals surface area contributed by atoms with E-state index in [0.717, 1.165) is 5.56 Å². The molecule has 0 bridgehead atoms. The Balaban J connectivity index is 2.43. The third-order valence-corrected chi connectivity index (χ3v) is 5.14. The monoisotopic (exact) mass is 364 g/mol. The number of hydrogen-bond acceptors (Lipinski definition) is 5. The largest absolute Gasteiger partial charge is 0.475 e. The van der Waals surface area contributed by atoms with Gasteiger partial charge in [0, 0.05) is 13.5 Å². The third-order valence-electron chi connectivity index (χ3n) is 4.52. The van der Waals surface area contributed by atoms with Gasteiger partial charge >= 0.3 is 11.8 Å². The molecule has 1 unspecified atom stereocenters. The smallest absolute Gasteiger partial charge is 0.336 e. The summed E-state index contributed by atoms with van der Waals surface area (Å²) >= 11 is 5.39. The molecule has 1 aliphatic heterocycles. The van der Waals surface area contributed by atoms with Gasteiger partial charge in [0.05, 0.1) is 0 Å². The van der Waals surface area contributed by atoms with E-state index in [2.05, 4.69) is 5.32 Å². The molecule has 3 amide bonds. The van der Waals surface area contributed by atoms with E-state index >= 15 is 0 Å². The molecule has 6 nitrogen and oxygen atoms in total. The summed E-state index contributed by atoms with van der Waals surface area (Å²) in [5.74, 6) is -1.86. The molecule has 0 radical (unpaired) electrons. The molecule has 3 atom stereocenters. The zero-order chi connectivity index (χ0) is 18.8. The van der Waals surface area contributed by atoms with Gasteiger partial charge in [0.1, 0.15) is 6.42 Å². The van der Waals surface area contributed by atoms with Crippen molar-refractivity contribution in [2.75, 3.05) is 7.05 Å². The van der Waals surface area contributed by atoms with Crippen LogP contribution >= 0.6 is 0 Å². The van der Waals surface area contributed by atoms with E-state index in [0.29, 0.717) is 0 Å². The first-order valence-corrected chi connectivity index (χ1v) is 8.67. The first-order valence-electron chi connectivity index (χ1n) is 8.31. The van der Waals surface area contributed by atoms with Crippen molar-refractivity contribution in [3.05, 3.63) is 35.9 Å². The lowest BCUT2D eigenvalue weighted by atomic mass is 9.91. The van der Waals surface area contributed by atoms with Crippen LogP contribution in [0.4, 0.5) is 0 Å². The van der Waals surface area contributed by atoms with E-state index in [1.807, 2.05) is 44.2 Å². The average molecular weight is 364 g/mol. The van der Waals surface area contributed by atoms with Crippen molar-refractivity contribution in [2.45, 2.75) is 44.8 Å². The lowest BCUT2D eigenvalue weighted by Crippen LogP contribution is -2.63. The number of likely N-dealkylation sites (tertiary alicyclic amines) is 1. The minimum absolute atomic E-state index is 0.0101. The summed E-state index contributed by atoms with van der Waals surface area (Å²) in [6.45, 7) is 3.71. The Hall–Kier alpha value is -1.70. The second-order valence-electron chi connectivity index (χ2n) is 6.98. The topological polar surface area (TPSA) is 83.5 Å². The number of rotatable bonds is 6. The summed E-state index contributed by atoms with van der Waals surface area (Å²) in [6.07, 6.45) is -0.0743. The number of quaternary nitrogens is 1. The van der Waals surface area contributed by atoms with Gasteiger partial charge in [-0.25, -0.2) is 9.59 Å². The van der Waals surface area contributed by atoms with Crippen LogP contribution in [0.15, 0.2) is 30.3 Å². The molecule has 1 heterocycles. The molecule has 25 heavy (non-hydrogen) atoms. The lowest BCUT2D eigenvalue weighted by Gasteiger charge is -2.41. The third kappa shape index (κ3) is 3.63. The molecule has 1 aliphatic rings.